The molecule has 134 valence electrons. The second kappa shape index (κ2) is 7.24. The van der Waals surface area contributed by atoms with Gasteiger partial charge in [-0.3, -0.25) is 19.7 Å². The summed E-state index contributed by atoms with van der Waals surface area (Å²) in [4.78, 5) is 47.2. The SMILES string of the molecule is COC(=O)[C@@]1(CC(=O)c2cccc([N+](=O)[O-])c2)NC(=S)NC(=O)[C@H]1C#N. The third kappa shape index (κ3) is 3.35. The number of esters is 1. The Balaban J connectivity index is 2.47. The van der Waals surface area contributed by atoms with Crippen molar-refractivity contribution in [2.75, 3.05) is 7.11 Å². The summed E-state index contributed by atoms with van der Waals surface area (Å²) in [5, 5.41) is 24.7. The Kier molecular flexibility index (Phi) is 5.27. The number of nitro benzene ring substituents is 1. The molecular formula is C15H12N4O6S. The van der Waals surface area contributed by atoms with Gasteiger partial charge in [0.15, 0.2) is 22.4 Å². The molecule has 1 aromatic rings. The highest BCUT2D eigenvalue weighted by Gasteiger charge is 2.55. The number of ether oxygens (including phenoxy) is 1. The quantitative estimate of drug-likeness (QED) is 0.242. The zero-order valence-corrected chi connectivity index (χ0v) is 14.2. The van der Waals surface area contributed by atoms with Crippen LogP contribution in [0.4, 0.5) is 5.69 Å². The van der Waals surface area contributed by atoms with Gasteiger partial charge < -0.3 is 15.4 Å². The molecule has 0 saturated carbocycles. The minimum absolute atomic E-state index is 0.0575. The molecule has 0 bridgehead atoms. The summed E-state index contributed by atoms with van der Waals surface area (Å²) < 4.78 is 4.67. The monoisotopic (exact) mass is 376 g/mol. The first-order chi connectivity index (χ1) is 12.2. The minimum Gasteiger partial charge on any atom is -0.467 e. The van der Waals surface area contributed by atoms with Crippen LogP contribution in [0.25, 0.3) is 0 Å². The topological polar surface area (TPSA) is 151 Å². The maximum Gasteiger partial charge on any atom is 0.334 e. The molecule has 0 spiro atoms. The number of non-ortho nitro benzene ring substituents is 1. The molecular weight excluding hydrogens is 364 g/mol. The fraction of sp³-hybridized carbons (Fsp3) is 0.267. The number of Topliss-reactive ketones (excluding diaryl/α,β-unsaturated/α-hetero) is 1. The van der Waals surface area contributed by atoms with E-state index in [-0.39, 0.29) is 16.4 Å². The summed E-state index contributed by atoms with van der Waals surface area (Å²) in [5.74, 6) is -4.18. The number of nitrogens with one attached hydrogen (secondary N) is 2. The maximum absolute atomic E-state index is 12.6. The molecule has 1 aromatic carbocycles. The highest BCUT2D eigenvalue weighted by molar-refractivity contribution is 7.80. The number of thiocarbonyl (C=S) groups is 1. The van der Waals surface area contributed by atoms with Crippen LogP contribution in [-0.2, 0) is 14.3 Å². The van der Waals surface area contributed by atoms with E-state index in [0.717, 1.165) is 13.2 Å². The van der Waals surface area contributed by atoms with Crippen LogP contribution in [0, 0.1) is 27.4 Å². The zero-order chi connectivity index (χ0) is 19.5. The number of nitriles is 1. The Bertz CT molecular complexity index is 864. The summed E-state index contributed by atoms with van der Waals surface area (Å²) in [5.41, 5.74) is -2.41. The average molecular weight is 376 g/mol. The lowest BCUT2D eigenvalue weighted by Crippen LogP contribution is -2.70. The lowest BCUT2D eigenvalue weighted by molar-refractivity contribution is -0.384. The van der Waals surface area contributed by atoms with Crippen molar-refractivity contribution in [3.05, 3.63) is 39.9 Å². The molecule has 0 radical (unpaired) electrons. The van der Waals surface area contributed by atoms with E-state index in [9.17, 15) is 29.8 Å². The number of ketones is 1. The van der Waals surface area contributed by atoms with Gasteiger partial charge in [0.25, 0.3) is 5.69 Å². The molecule has 2 atom stereocenters. The van der Waals surface area contributed by atoms with E-state index in [2.05, 4.69) is 15.4 Å². The van der Waals surface area contributed by atoms with Crippen molar-refractivity contribution in [1.29, 1.82) is 5.26 Å². The maximum atomic E-state index is 12.6. The molecule has 1 aliphatic rings. The van der Waals surface area contributed by atoms with Crippen molar-refractivity contribution in [1.82, 2.24) is 10.6 Å². The van der Waals surface area contributed by atoms with Crippen molar-refractivity contribution in [3.8, 4) is 6.07 Å². The first kappa shape index (κ1) is 18.9. The second-order valence-electron chi connectivity index (χ2n) is 5.38. The Morgan fingerprint density at radius 2 is 2.19 bits per heavy atom. The molecule has 2 rings (SSSR count). The van der Waals surface area contributed by atoms with Crippen molar-refractivity contribution in [2.24, 2.45) is 5.92 Å². The standard InChI is InChI=1S/C15H12N4O6S/c1-25-13(22)15(10(7-16)12(21)17-14(26)18-15)6-11(20)8-3-2-4-9(5-8)19(23)24/h2-5,10H,6H2,1H3,(H2,17,18,21,26)/t10-,15+/m1/s1. The molecule has 10 nitrogen and oxygen atoms in total. The van der Waals surface area contributed by atoms with Gasteiger partial charge in [-0.1, -0.05) is 12.1 Å². The predicted molar refractivity (Wildman–Crippen MR) is 89.8 cm³/mol. The normalized spacial score (nSPS) is 21.8. The van der Waals surface area contributed by atoms with Gasteiger partial charge in [-0.05, 0) is 12.2 Å². The number of carbonyl (C=O) groups excluding carboxylic acids is 3. The molecule has 1 aliphatic heterocycles. The van der Waals surface area contributed by atoms with Crippen LogP contribution in [0.3, 0.4) is 0 Å². The summed E-state index contributed by atoms with van der Waals surface area (Å²) >= 11 is 4.86. The lowest BCUT2D eigenvalue weighted by Gasteiger charge is -2.38. The molecule has 1 saturated heterocycles. The van der Waals surface area contributed by atoms with E-state index in [1.807, 2.05) is 0 Å². The predicted octanol–water partition coefficient (Wildman–Crippen LogP) is 0.223. The van der Waals surface area contributed by atoms with Crippen LogP contribution >= 0.6 is 12.2 Å². The van der Waals surface area contributed by atoms with Crippen LogP contribution in [0.2, 0.25) is 0 Å². The van der Waals surface area contributed by atoms with E-state index in [1.54, 1.807) is 6.07 Å². The third-order valence-electron chi connectivity index (χ3n) is 3.83. The average Bonchev–Trinajstić information content (AvgIpc) is 2.60. The van der Waals surface area contributed by atoms with Crippen molar-refractivity contribution in [2.45, 2.75) is 12.0 Å². The van der Waals surface area contributed by atoms with Crippen LogP contribution in [-0.4, -0.2) is 40.3 Å². The number of hydrogen-bond donors (Lipinski definition) is 2. The molecule has 2 N–H and O–H groups in total. The highest BCUT2D eigenvalue weighted by atomic mass is 32.1. The highest BCUT2D eigenvalue weighted by Crippen LogP contribution is 2.29. The fourth-order valence-corrected chi connectivity index (χ4v) is 2.88. The summed E-state index contributed by atoms with van der Waals surface area (Å²) in [7, 11) is 1.04. The van der Waals surface area contributed by atoms with Crippen LogP contribution in [0.15, 0.2) is 24.3 Å². The molecule has 1 heterocycles. The number of nitro groups is 1. The van der Waals surface area contributed by atoms with Crippen LogP contribution < -0.4 is 10.6 Å². The largest absolute Gasteiger partial charge is 0.467 e. The second-order valence-corrected chi connectivity index (χ2v) is 5.78. The lowest BCUT2D eigenvalue weighted by atomic mass is 9.77. The van der Waals surface area contributed by atoms with E-state index in [1.165, 1.54) is 18.2 Å². The summed E-state index contributed by atoms with van der Waals surface area (Å²) in [6.07, 6.45) is -0.660. The van der Waals surface area contributed by atoms with E-state index in [0.29, 0.717) is 0 Å². The summed E-state index contributed by atoms with van der Waals surface area (Å²) in [6, 6.07) is 6.54. The molecule has 0 unspecified atom stereocenters. The number of hydrogen-bond acceptors (Lipinski definition) is 8. The number of amides is 1. The Morgan fingerprint density at radius 1 is 1.50 bits per heavy atom. The van der Waals surface area contributed by atoms with Crippen molar-refractivity contribution >= 4 is 40.7 Å². The van der Waals surface area contributed by atoms with Crippen molar-refractivity contribution < 1.29 is 24.0 Å². The van der Waals surface area contributed by atoms with Gasteiger partial charge in [0.1, 0.15) is 0 Å². The summed E-state index contributed by atoms with van der Waals surface area (Å²) in [6.45, 7) is 0. The molecule has 1 amide bonds. The van der Waals surface area contributed by atoms with Crippen LogP contribution in [0.1, 0.15) is 16.8 Å². The van der Waals surface area contributed by atoms with Gasteiger partial charge in [-0.25, -0.2) is 4.79 Å². The van der Waals surface area contributed by atoms with Gasteiger partial charge in [-0.2, -0.15) is 5.26 Å². The number of carbonyl (C=O) groups is 3. The Labute approximate surface area is 152 Å². The van der Waals surface area contributed by atoms with Crippen LogP contribution in [0.5, 0.6) is 0 Å². The van der Waals surface area contributed by atoms with Gasteiger partial charge >= 0.3 is 5.97 Å². The molecule has 0 aromatic heterocycles. The molecule has 0 aliphatic carbocycles. The first-order valence-electron chi connectivity index (χ1n) is 7.14. The molecule has 26 heavy (non-hydrogen) atoms. The number of rotatable bonds is 5. The van der Waals surface area contributed by atoms with Crippen molar-refractivity contribution in [3.63, 3.8) is 0 Å². The molecule has 11 heteroatoms. The minimum atomic E-state index is -2.04. The number of benzene rings is 1. The van der Waals surface area contributed by atoms with Gasteiger partial charge in [0.05, 0.1) is 18.1 Å². The Morgan fingerprint density at radius 3 is 2.77 bits per heavy atom. The van der Waals surface area contributed by atoms with Gasteiger partial charge in [0, 0.05) is 24.1 Å². The molecule has 1 fully saturated rings. The van der Waals surface area contributed by atoms with Gasteiger partial charge in [0.2, 0.25) is 5.91 Å². The zero-order valence-electron chi connectivity index (χ0n) is 13.3. The number of nitrogens with zero attached hydrogens (tertiary/aromatic N) is 2. The smallest absolute Gasteiger partial charge is 0.334 e. The fourth-order valence-electron chi connectivity index (χ4n) is 2.60. The third-order valence-corrected chi connectivity index (χ3v) is 4.03. The Hall–Kier alpha value is -3.39. The van der Waals surface area contributed by atoms with Gasteiger partial charge in [-0.15, -0.1) is 0 Å². The number of methoxy groups -OCH3 is 1. The van der Waals surface area contributed by atoms with E-state index in [4.69, 9.17) is 12.2 Å². The van der Waals surface area contributed by atoms with E-state index < -0.39 is 40.5 Å². The van der Waals surface area contributed by atoms with E-state index >= 15 is 0 Å². The first-order valence-corrected chi connectivity index (χ1v) is 7.54.